The maximum Gasteiger partial charge on any atom is 0.262 e. The van der Waals surface area contributed by atoms with E-state index in [-0.39, 0.29) is 11.5 Å². The van der Waals surface area contributed by atoms with Gasteiger partial charge >= 0.3 is 0 Å². The molecule has 2 aromatic rings. The van der Waals surface area contributed by atoms with Gasteiger partial charge in [0, 0.05) is 12.1 Å². The normalized spacial score (nSPS) is 15.7. The molecule has 0 unspecified atom stereocenters. The van der Waals surface area contributed by atoms with Crippen LogP contribution in [0.2, 0.25) is 0 Å². The molecule has 6 nitrogen and oxygen atoms in total. The first-order valence-electron chi connectivity index (χ1n) is 7.50. The Morgan fingerprint density at radius 1 is 1.52 bits per heavy atom. The lowest BCUT2D eigenvalue weighted by Gasteiger charge is -2.35. The molecule has 1 heterocycles. The molecule has 0 bridgehead atoms. The van der Waals surface area contributed by atoms with Crippen molar-refractivity contribution in [1.82, 2.24) is 14.9 Å². The van der Waals surface area contributed by atoms with Crippen molar-refractivity contribution in [2.24, 2.45) is 0 Å². The van der Waals surface area contributed by atoms with Crippen molar-refractivity contribution >= 4 is 29.0 Å². The van der Waals surface area contributed by atoms with Crippen molar-refractivity contribution in [2.45, 2.75) is 38.3 Å². The highest BCUT2D eigenvalue weighted by atomic mass is 32.1. The Balaban J connectivity index is 2.01. The first kappa shape index (κ1) is 15.4. The summed E-state index contributed by atoms with van der Waals surface area (Å²) >= 11 is 5.17. The molecule has 23 heavy (non-hydrogen) atoms. The number of carbonyl (C=O) groups is 1. The predicted molar refractivity (Wildman–Crippen MR) is 88.7 cm³/mol. The van der Waals surface area contributed by atoms with Gasteiger partial charge in [0.2, 0.25) is 0 Å². The van der Waals surface area contributed by atoms with E-state index < -0.39 is 5.54 Å². The molecule has 0 atom stereocenters. The van der Waals surface area contributed by atoms with Crippen LogP contribution in [0.25, 0.3) is 10.9 Å². The summed E-state index contributed by atoms with van der Waals surface area (Å²) < 4.78 is 1.80. The Kier molecular flexibility index (Phi) is 3.78. The van der Waals surface area contributed by atoms with Crippen molar-refractivity contribution in [1.29, 1.82) is 5.26 Å². The molecule has 1 aromatic heterocycles. The number of nitrogens with one attached hydrogen (secondary N) is 2. The zero-order valence-electron chi connectivity index (χ0n) is 12.7. The zero-order valence-corrected chi connectivity index (χ0v) is 13.5. The molecular formula is C16H16N4O2S. The second-order valence-electron chi connectivity index (χ2n) is 5.74. The Bertz CT molecular complexity index is 947. The molecule has 0 radical (unpaired) electrons. The summed E-state index contributed by atoms with van der Waals surface area (Å²) in [6, 6.07) is 6.99. The number of H-pyrrole nitrogens is 1. The third kappa shape index (κ3) is 2.55. The van der Waals surface area contributed by atoms with Crippen LogP contribution in [0.5, 0.6) is 0 Å². The fraction of sp³-hybridized carbons (Fsp3) is 0.375. The summed E-state index contributed by atoms with van der Waals surface area (Å²) in [6.07, 6.45) is 2.29. The smallest absolute Gasteiger partial charge is 0.262 e. The predicted octanol–water partition coefficient (Wildman–Crippen LogP) is 2.26. The van der Waals surface area contributed by atoms with Crippen molar-refractivity contribution in [3.63, 3.8) is 0 Å². The number of rotatable bonds is 3. The summed E-state index contributed by atoms with van der Waals surface area (Å²) in [4.78, 5) is 27.7. The van der Waals surface area contributed by atoms with Crippen molar-refractivity contribution in [3.8, 4) is 6.07 Å². The van der Waals surface area contributed by atoms with E-state index >= 15 is 0 Å². The van der Waals surface area contributed by atoms with Gasteiger partial charge < -0.3 is 10.3 Å². The van der Waals surface area contributed by atoms with Gasteiger partial charge in [-0.3, -0.25) is 14.2 Å². The van der Waals surface area contributed by atoms with Crippen molar-refractivity contribution in [2.75, 3.05) is 0 Å². The van der Waals surface area contributed by atoms with Crippen LogP contribution in [0, 0.1) is 16.1 Å². The monoisotopic (exact) mass is 328 g/mol. The van der Waals surface area contributed by atoms with Crippen LogP contribution in [0.1, 0.15) is 36.5 Å². The standard InChI is InChI=1S/C16H16N4O2S/c1-2-20-14(22)11-5-4-10(8-12(11)18-15(20)23)13(21)19-16(9-17)6-3-7-16/h4-5,8H,2-3,6-7H2,1H3,(H,18,23)(H,19,21). The van der Waals surface area contributed by atoms with Crippen LogP contribution in [0.15, 0.2) is 23.0 Å². The molecule has 1 aromatic carbocycles. The summed E-state index contributed by atoms with van der Waals surface area (Å²) in [5.41, 5.74) is 0.00542. The Morgan fingerprint density at radius 3 is 2.83 bits per heavy atom. The van der Waals surface area contributed by atoms with E-state index in [4.69, 9.17) is 12.2 Å². The average molecular weight is 328 g/mol. The molecule has 0 saturated heterocycles. The number of fused-ring (bicyclic) bond motifs is 1. The lowest BCUT2D eigenvalue weighted by molar-refractivity contribution is 0.0881. The first-order chi connectivity index (χ1) is 11.0. The number of nitriles is 1. The Labute approximate surface area is 137 Å². The van der Waals surface area contributed by atoms with Gasteiger partial charge in [-0.05, 0) is 56.6 Å². The molecule has 0 spiro atoms. The van der Waals surface area contributed by atoms with Crippen LogP contribution < -0.4 is 10.9 Å². The van der Waals surface area contributed by atoms with E-state index in [2.05, 4.69) is 16.4 Å². The van der Waals surface area contributed by atoms with Crippen LogP contribution in [-0.2, 0) is 6.54 Å². The first-order valence-corrected chi connectivity index (χ1v) is 7.91. The minimum Gasteiger partial charge on any atom is -0.334 e. The minimum atomic E-state index is -0.745. The van der Waals surface area contributed by atoms with Gasteiger partial charge in [-0.2, -0.15) is 5.26 Å². The second-order valence-corrected chi connectivity index (χ2v) is 6.13. The van der Waals surface area contributed by atoms with E-state index in [9.17, 15) is 14.9 Å². The second kappa shape index (κ2) is 5.63. The van der Waals surface area contributed by atoms with Gasteiger partial charge in [0.15, 0.2) is 4.77 Å². The number of carbonyl (C=O) groups excluding carboxylic acids is 1. The van der Waals surface area contributed by atoms with Gasteiger partial charge in [-0.15, -0.1) is 0 Å². The average Bonchev–Trinajstić information content (AvgIpc) is 2.50. The summed E-state index contributed by atoms with van der Waals surface area (Å²) in [5.74, 6) is -0.313. The summed E-state index contributed by atoms with van der Waals surface area (Å²) in [7, 11) is 0. The third-order valence-corrected chi connectivity index (χ3v) is 4.66. The highest BCUT2D eigenvalue weighted by Crippen LogP contribution is 2.31. The van der Waals surface area contributed by atoms with Gasteiger partial charge in [0.05, 0.1) is 17.0 Å². The van der Waals surface area contributed by atoms with E-state index in [1.807, 2.05) is 6.92 Å². The van der Waals surface area contributed by atoms with E-state index in [1.54, 1.807) is 18.2 Å². The number of aromatic amines is 1. The fourth-order valence-corrected chi connectivity index (χ4v) is 3.09. The van der Waals surface area contributed by atoms with Gasteiger partial charge in [-0.1, -0.05) is 0 Å². The lowest BCUT2D eigenvalue weighted by atomic mass is 9.78. The lowest BCUT2D eigenvalue weighted by Crippen LogP contribution is -2.52. The van der Waals surface area contributed by atoms with Crippen LogP contribution in [-0.4, -0.2) is 21.0 Å². The molecule has 118 valence electrons. The molecule has 2 N–H and O–H groups in total. The molecule has 1 aliphatic carbocycles. The molecule has 3 rings (SSSR count). The van der Waals surface area contributed by atoms with Gasteiger partial charge in [0.25, 0.3) is 11.5 Å². The number of aromatic nitrogens is 2. The zero-order chi connectivity index (χ0) is 16.6. The molecule has 1 aliphatic rings. The summed E-state index contributed by atoms with van der Waals surface area (Å²) in [5, 5.41) is 12.5. The topological polar surface area (TPSA) is 90.7 Å². The maximum absolute atomic E-state index is 12.4. The van der Waals surface area contributed by atoms with Gasteiger partial charge in [0.1, 0.15) is 5.54 Å². The molecule has 1 amide bonds. The van der Waals surface area contributed by atoms with Crippen LogP contribution in [0.3, 0.4) is 0 Å². The van der Waals surface area contributed by atoms with Gasteiger partial charge in [-0.25, -0.2) is 0 Å². The number of hydrogen-bond donors (Lipinski definition) is 2. The van der Waals surface area contributed by atoms with E-state index in [0.717, 1.165) is 6.42 Å². The number of nitrogens with zero attached hydrogens (tertiary/aromatic N) is 2. The highest BCUT2D eigenvalue weighted by Gasteiger charge is 2.38. The molecule has 1 fully saturated rings. The van der Waals surface area contributed by atoms with Crippen LogP contribution >= 0.6 is 12.2 Å². The molecule has 7 heteroatoms. The quantitative estimate of drug-likeness (QED) is 0.846. The summed E-state index contributed by atoms with van der Waals surface area (Å²) in [6.45, 7) is 2.33. The highest BCUT2D eigenvalue weighted by molar-refractivity contribution is 7.71. The van der Waals surface area contributed by atoms with E-state index in [1.165, 1.54) is 4.57 Å². The Hall–Kier alpha value is -2.46. The third-order valence-electron chi connectivity index (χ3n) is 4.33. The van der Waals surface area contributed by atoms with Crippen LogP contribution in [0.4, 0.5) is 0 Å². The fourth-order valence-electron chi connectivity index (χ4n) is 2.77. The number of amides is 1. The minimum absolute atomic E-state index is 0.175. The molecular weight excluding hydrogens is 312 g/mol. The maximum atomic E-state index is 12.4. The number of hydrogen-bond acceptors (Lipinski definition) is 4. The van der Waals surface area contributed by atoms with Crippen molar-refractivity contribution in [3.05, 3.63) is 38.9 Å². The molecule has 0 aliphatic heterocycles. The van der Waals surface area contributed by atoms with E-state index in [0.29, 0.717) is 40.6 Å². The van der Waals surface area contributed by atoms with Crippen molar-refractivity contribution < 1.29 is 4.79 Å². The number of benzene rings is 1. The Morgan fingerprint density at radius 2 is 2.26 bits per heavy atom. The molecule has 1 saturated carbocycles. The largest absolute Gasteiger partial charge is 0.334 e. The SMILES string of the molecule is CCn1c(=S)[nH]c2cc(C(=O)NC3(C#N)CCC3)ccc2c1=O.